The number of fused-ring (bicyclic) bond motifs is 2. The average Bonchev–Trinajstić information content (AvgIpc) is 3.72. The van der Waals surface area contributed by atoms with Gasteiger partial charge in [-0.1, -0.05) is 12.1 Å². The zero-order valence-corrected chi connectivity index (χ0v) is 25.8. The van der Waals surface area contributed by atoms with Gasteiger partial charge in [0.25, 0.3) is 0 Å². The first kappa shape index (κ1) is 30.7. The number of imidazole rings is 2. The van der Waals surface area contributed by atoms with Crippen molar-refractivity contribution in [3.05, 3.63) is 91.5 Å². The summed E-state index contributed by atoms with van der Waals surface area (Å²) < 4.78 is 34.5. The number of halogens is 2. The van der Waals surface area contributed by atoms with Crippen molar-refractivity contribution in [3.63, 3.8) is 0 Å². The minimum Gasteiger partial charge on any atom is -0.504 e. The largest absolute Gasteiger partial charge is 0.504 e. The lowest BCUT2D eigenvalue weighted by atomic mass is 10.1. The zero-order valence-electron chi connectivity index (χ0n) is 25.8. The molecule has 4 aromatic heterocycles. The monoisotopic (exact) mass is 625 g/mol. The molecule has 11 heteroatoms. The van der Waals surface area contributed by atoms with Crippen molar-refractivity contribution >= 4 is 28.4 Å². The predicted octanol–water partition coefficient (Wildman–Crippen LogP) is 7.08. The quantitative estimate of drug-likeness (QED) is 0.167. The van der Waals surface area contributed by atoms with E-state index in [4.69, 9.17) is 9.72 Å². The summed E-state index contributed by atoms with van der Waals surface area (Å²) >= 11 is 0. The SMILES string of the molecule is CNc1ccn2cc(-c3ccc(N4CCC(F)CC4)cc3)nc2c1.COc1cc(-c2cn3ccc(NCCF)cc3n2)ccc1O. The molecule has 0 amide bonds. The second-order valence-corrected chi connectivity index (χ2v) is 11.1. The van der Waals surface area contributed by atoms with Crippen LogP contribution in [0.4, 0.5) is 25.8 Å². The number of methoxy groups -OCH3 is 1. The van der Waals surface area contributed by atoms with Crippen LogP contribution < -0.4 is 20.3 Å². The molecular formula is C35H37F2N7O2. The highest BCUT2D eigenvalue weighted by Gasteiger charge is 2.18. The number of ether oxygens (including phenoxy) is 1. The van der Waals surface area contributed by atoms with Gasteiger partial charge < -0.3 is 34.2 Å². The van der Waals surface area contributed by atoms with E-state index in [1.165, 1.54) is 7.11 Å². The first-order chi connectivity index (χ1) is 22.4. The fourth-order valence-electron chi connectivity index (χ4n) is 5.49. The number of aromatic nitrogens is 4. The summed E-state index contributed by atoms with van der Waals surface area (Å²) in [6.07, 6.45) is 8.42. The van der Waals surface area contributed by atoms with E-state index in [9.17, 15) is 13.9 Å². The molecule has 0 aliphatic carbocycles. The van der Waals surface area contributed by atoms with Crippen molar-refractivity contribution in [2.45, 2.75) is 19.0 Å². The van der Waals surface area contributed by atoms with Gasteiger partial charge in [-0.2, -0.15) is 0 Å². The molecule has 46 heavy (non-hydrogen) atoms. The second-order valence-electron chi connectivity index (χ2n) is 11.1. The molecule has 3 N–H and O–H groups in total. The molecule has 238 valence electrons. The Kier molecular flexibility index (Phi) is 9.18. The molecule has 9 nitrogen and oxygen atoms in total. The molecule has 0 radical (unpaired) electrons. The van der Waals surface area contributed by atoms with E-state index in [-0.39, 0.29) is 12.3 Å². The maximum Gasteiger partial charge on any atom is 0.161 e. The normalized spacial score (nSPS) is 13.4. The fourth-order valence-corrected chi connectivity index (χ4v) is 5.49. The molecule has 1 fully saturated rings. The Morgan fingerprint density at radius 3 is 2.09 bits per heavy atom. The zero-order chi connectivity index (χ0) is 32.0. The Balaban J connectivity index is 0.000000162. The van der Waals surface area contributed by atoms with E-state index in [2.05, 4.69) is 44.8 Å². The Hall–Kier alpha value is -5.32. The highest BCUT2D eigenvalue weighted by Crippen LogP contribution is 2.31. The maximum absolute atomic E-state index is 13.3. The van der Waals surface area contributed by atoms with Gasteiger partial charge in [-0.15, -0.1) is 0 Å². The molecule has 1 aliphatic rings. The third-order valence-corrected chi connectivity index (χ3v) is 8.06. The fraction of sp³-hybridized carbons (Fsp3) is 0.257. The minimum absolute atomic E-state index is 0.0905. The van der Waals surface area contributed by atoms with Gasteiger partial charge in [-0.05, 0) is 55.3 Å². The highest BCUT2D eigenvalue weighted by molar-refractivity contribution is 5.68. The van der Waals surface area contributed by atoms with Crippen LogP contribution in [-0.2, 0) is 0 Å². The van der Waals surface area contributed by atoms with Gasteiger partial charge in [0.05, 0.1) is 18.5 Å². The molecule has 0 saturated carbocycles. The van der Waals surface area contributed by atoms with Crippen molar-refractivity contribution in [2.75, 3.05) is 56.0 Å². The van der Waals surface area contributed by atoms with E-state index < -0.39 is 12.8 Å². The van der Waals surface area contributed by atoms with Crippen LogP contribution in [0.25, 0.3) is 33.8 Å². The van der Waals surface area contributed by atoms with Crippen LogP contribution in [0.15, 0.2) is 91.5 Å². The number of hydrogen-bond acceptors (Lipinski definition) is 7. The van der Waals surface area contributed by atoms with Crippen LogP contribution >= 0.6 is 0 Å². The molecule has 0 unspecified atom stereocenters. The number of pyridine rings is 2. The number of nitrogens with zero attached hydrogens (tertiary/aromatic N) is 5. The lowest BCUT2D eigenvalue weighted by Crippen LogP contribution is -2.34. The van der Waals surface area contributed by atoms with Crippen molar-refractivity contribution in [1.82, 2.24) is 18.8 Å². The Morgan fingerprint density at radius 2 is 1.46 bits per heavy atom. The summed E-state index contributed by atoms with van der Waals surface area (Å²) in [5.41, 5.74) is 8.37. The van der Waals surface area contributed by atoms with Crippen molar-refractivity contribution in [2.24, 2.45) is 0 Å². The molecule has 1 aliphatic heterocycles. The molecule has 1 saturated heterocycles. The van der Waals surface area contributed by atoms with Crippen molar-refractivity contribution in [3.8, 4) is 34.0 Å². The van der Waals surface area contributed by atoms with Gasteiger partial charge in [0, 0.05) is 91.8 Å². The Morgan fingerprint density at radius 1 is 0.848 bits per heavy atom. The van der Waals surface area contributed by atoms with Gasteiger partial charge in [0.2, 0.25) is 0 Å². The third-order valence-electron chi connectivity index (χ3n) is 8.06. The summed E-state index contributed by atoms with van der Waals surface area (Å²) in [5, 5.41) is 15.8. The van der Waals surface area contributed by atoms with Crippen molar-refractivity contribution < 1.29 is 18.6 Å². The Labute approximate surface area is 266 Å². The van der Waals surface area contributed by atoms with Gasteiger partial charge in [-0.25, -0.2) is 18.7 Å². The maximum atomic E-state index is 13.3. The second kappa shape index (κ2) is 13.8. The number of phenols is 1. The van der Waals surface area contributed by atoms with E-state index in [0.717, 1.165) is 64.0 Å². The number of phenolic OH excluding ortho intramolecular Hbond substituents is 1. The first-order valence-corrected chi connectivity index (χ1v) is 15.3. The molecule has 2 aromatic carbocycles. The molecule has 6 aromatic rings. The highest BCUT2D eigenvalue weighted by atomic mass is 19.1. The lowest BCUT2D eigenvalue weighted by Gasteiger charge is -2.30. The topological polar surface area (TPSA) is 91.4 Å². The number of benzene rings is 2. The summed E-state index contributed by atoms with van der Waals surface area (Å²) in [4.78, 5) is 11.5. The van der Waals surface area contributed by atoms with Crippen molar-refractivity contribution in [1.29, 1.82) is 0 Å². The van der Waals surface area contributed by atoms with E-state index in [0.29, 0.717) is 18.6 Å². The molecular weight excluding hydrogens is 588 g/mol. The smallest absolute Gasteiger partial charge is 0.161 e. The number of anilines is 3. The van der Waals surface area contributed by atoms with Gasteiger partial charge in [0.1, 0.15) is 24.1 Å². The molecule has 0 spiro atoms. The van der Waals surface area contributed by atoms with Gasteiger partial charge in [-0.3, -0.25) is 0 Å². The summed E-state index contributed by atoms with van der Waals surface area (Å²) in [7, 11) is 3.41. The average molecular weight is 626 g/mol. The minimum atomic E-state index is -0.638. The number of nitrogens with one attached hydrogen (secondary N) is 2. The molecule has 0 bridgehead atoms. The van der Waals surface area contributed by atoms with Gasteiger partial charge >= 0.3 is 0 Å². The number of piperidine rings is 1. The standard InChI is InChI=1S/C19H21FN4.C16H16FN3O2/c1-21-16-8-11-24-13-18(22-19(24)12-16)14-2-4-17(5-3-14)23-9-6-15(20)7-10-23;1-22-15-8-11(2-3-14(15)21)13-10-20-7-4-12(18-6-5-17)9-16(20)19-13/h2-5,8,11-13,15,21H,6-7,9-10H2,1H3;2-4,7-10,18,21H,5-6H2,1H3. The number of hydrogen-bond donors (Lipinski definition) is 3. The number of alkyl halides is 2. The van der Waals surface area contributed by atoms with E-state index >= 15 is 0 Å². The Bertz CT molecular complexity index is 1910. The summed E-state index contributed by atoms with van der Waals surface area (Å²) in [5.74, 6) is 0.493. The van der Waals surface area contributed by atoms with E-state index in [1.807, 2.05) is 64.9 Å². The van der Waals surface area contributed by atoms with Crippen LogP contribution in [0.3, 0.4) is 0 Å². The van der Waals surface area contributed by atoms with E-state index in [1.54, 1.807) is 18.2 Å². The van der Waals surface area contributed by atoms with Crippen LogP contribution in [0.1, 0.15) is 12.8 Å². The molecule has 5 heterocycles. The predicted molar refractivity (Wildman–Crippen MR) is 180 cm³/mol. The van der Waals surface area contributed by atoms with Crippen LogP contribution in [0.5, 0.6) is 11.5 Å². The first-order valence-electron chi connectivity index (χ1n) is 15.3. The number of rotatable bonds is 8. The van der Waals surface area contributed by atoms with Crippen LogP contribution in [0.2, 0.25) is 0 Å². The third kappa shape index (κ3) is 6.83. The van der Waals surface area contributed by atoms with Crippen LogP contribution in [-0.4, -0.2) is 70.5 Å². The van der Waals surface area contributed by atoms with Gasteiger partial charge in [0.15, 0.2) is 11.5 Å². The molecule has 0 atom stereocenters. The number of aromatic hydroxyl groups is 1. The lowest BCUT2D eigenvalue weighted by molar-refractivity contribution is 0.277. The van der Waals surface area contributed by atoms with Crippen LogP contribution in [0, 0.1) is 0 Å². The molecule has 7 rings (SSSR count). The summed E-state index contributed by atoms with van der Waals surface area (Å²) in [6.45, 7) is 1.44. The summed E-state index contributed by atoms with van der Waals surface area (Å²) in [6, 6.07) is 21.3.